The molecule has 3 aromatic carbocycles. The summed E-state index contributed by atoms with van der Waals surface area (Å²) in [5.41, 5.74) is 3.15. The van der Waals surface area contributed by atoms with Crippen LogP contribution < -0.4 is 5.56 Å². The molecule has 5 rings (SSSR count). The van der Waals surface area contributed by atoms with E-state index in [1.165, 1.54) is 0 Å². The minimum absolute atomic E-state index is 0.0724. The van der Waals surface area contributed by atoms with Gasteiger partial charge in [-0.25, -0.2) is 9.67 Å². The maximum absolute atomic E-state index is 13.2. The van der Waals surface area contributed by atoms with Crippen LogP contribution >= 0.6 is 15.9 Å². The molecular weight excluding hydrogens is 378 g/mol. The van der Waals surface area contributed by atoms with Crippen molar-refractivity contribution in [3.05, 3.63) is 87.6 Å². The third kappa shape index (κ3) is 2.06. The molecule has 0 radical (unpaired) electrons. The summed E-state index contributed by atoms with van der Waals surface area (Å²) in [5, 5.41) is 1.55. The van der Waals surface area contributed by atoms with Crippen molar-refractivity contribution in [1.82, 2.24) is 14.2 Å². The van der Waals surface area contributed by atoms with Crippen molar-refractivity contribution in [2.45, 2.75) is 0 Å². The van der Waals surface area contributed by atoms with Crippen LogP contribution in [0.2, 0.25) is 0 Å². The fourth-order valence-corrected chi connectivity index (χ4v) is 3.63. The number of para-hydroxylation sites is 2. The van der Waals surface area contributed by atoms with Gasteiger partial charge in [0.2, 0.25) is 0 Å². The van der Waals surface area contributed by atoms with E-state index in [-0.39, 0.29) is 5.56 Å². The average Bonchev–Trinajstić information content (AvgIpc) is 2.96. The van der Waals surface area contributed by atoms with Crippen LogP contribution in [0.5, 0.6) is 0 Å². The molecule has 0 fully saturated rings. The molecule has 0 aliphatic heterocycles. The molecule has 0 amide bonds. The Labute approximate surface area is 151 Å². The molecule has 0 aliphatic carbocycles. The maximum Gasteiger partial charge on any atom is 0.281 e. The molecule has 0 N–H and O–H groups in total. The molecule has 4 nitrogen and oxygen atoms in total. The normalized spacial score (nSPS) is 11.6. The third-order valence-electron chi connectivity index (χ3n) is 4.38. The largest absolute Gasteiger partial charge is 0.281 e. The Morgan fingerprint density at radius 3 is 2.44 bits per heavy atom. The van der Waals surface area contributed by atoms with Crippen LogP contribution in [0.15, 0.2) is 82.1 Å². The number of aromatic nitrogens is 3. The van der Waals surface area contributed by atoms with Gasteiger partial charge in [-0.05, 0) is 42.5 Å². The molecule has 25 heavy (non-hydrogen) atoms. The highest BCUT2D eigenvalue weighted by atomic mass is 79.9. The standard InChI is InChI=1S/C20H12BrN3O/c21-13-10-11-16-18(12-13)23(14-6-2-1-3-7-14)24-19(16)22-17-9-5-4-8-15(17)20(24)25/h1-12H. The lowest BCUT2D eigenvalue weighted by Gasteiger charge is -2.08. The highest BCUT2D eigenvalue weighted by Crippen LogP contribution is 2.27. The molecule has 0 unspecified atom stereocenters. The maximum atomic E-state index is 13.2. The SMILES string of the molecule is O=c1c2ccccc2nc2c3ccc(Br)cc3n(-c3ccccc3)n12. The van der Waals surface area contributed by atoms with Crippen LogP contribution in [0.3, 0.4) is 0 Å². The molecular formula is C20H12BrN3O. The Morgan fingerprint density at radius 2 is 1.60 bits per heavy atom. The van der Waals surface area contributed by atoms with Gasteiger partial charge in [0.25, 0.3) is 5.56 Å². The summed E-state index contributed by atoms with van der Waals surface area (Å²) < 4.78 is 4.55. The summed E-state index contributed by atoms with van der Waals surface area (Å²) in [7, 11) is 0. The molecule has 0 atom stereocenters. The second kappa shape index (κ2) is 5.29. The van der Waals surface area contributed by atoms with Gasteiger partial charge in [-0.1, -0.05) is 46.3 Å². The summed E-state index contributed by atoms with van der Waals surface area (Å²) in [6, 6.07) is 23.3. The molecule has 2 aromatic heterocycles. The number of benzene rings is 3. The first-order valence-corrected chi connectivity index (χ1v) is 8.70. The number of fused-ring (bicyclic) bond motifs is 4. The minimum Gasteiger partial charge on any atom is -0.267 e. The van der Waals surface area contributed by atoms with Crippen molar-refractivity contribution >= 4 is 43.4 Å². The molecule has 0 saturated heterocycles. The second-order valence-electron chi connectivity index (χ2n) is 5.88. The lowest BCUT2D eigenvalue weighted by atomic mass is 10.2. The van der Waals surface area contributed by atoms with Gasteiger partial charge in [0.15, 0.2) is 5.65 Å². The zero-order chi connectivity index (χ0) is 17.0. The molecule has 0 aliphatic rings. The average molecular weight is 390 g/mol. The van der Waals surface area contributed by atoms with Crippen LogP contribution in [0.1, 0.15) is 0 Å². The summed E-state index contributed by atoms with van der Waals surface area (Å²) in [6.07, 6.45) is 0. The van der Waals surface area contributed by atoms with Gasteiger partial charge in [-0.3, -0.25) is 4.79 Å². The summed E-state index contributed by atoms with van der Waals surface area (Å²) in [5.74, 6) is 0. The Bertz CT molecular complexity index is 1320. The van der Waals surface area contributed by atoms with E-state index in [2.05, 4.69) is 15.9 Å². The lowest BCUT2D eigenvalue weighted by Crippen LogP contribution is -2.20. The van der Waals surface area contributed by atoms with Crippen LogP contribution in [-0.2, 0) is 0 Å². The van der Waals surface area contributed by atoms with Gasteiger partial charge in [0.1, 0.15) is 0 Å². The molecule has 0 saturated carbocycles. The predicted molar refractivity (Wildman–Crippen MR) is 104 cm³/mol. The van der Waals surface area contributed by atoms with Crippen LogP contribution in [0.25, 0.3) is 33.1 Å². The van der Waals surface area contributed by atoms with Gasteiger partial charge in [-0.2, -0.15) is 4.52 Å². The zero-order valence-corrected chi connectivity index (χ0v) is 14.6. The van der Waals surface area contributed by atoms with E-state index >= 15 is 0 Å². The Hall–Kier alpha value is -2.92. The third-order valence-corrected chi connectivity index (χ3v) is 4.88. The highest BCUT2D eigenvalue weighted by Gasteiger charge is 2.16. The first-order valence-electron chi connectivity index (χ1n) is 7.91. The molecule has 2 heterocycles. The first kappa shape index (κ1) is 14.4. The van der Waals surface area contributed by atoms with Gasteiger partial charge in [0, 0.05) is 9.86 Å². The quantitative estimate of drug-likeness (QED) is 0.421. The number of hydrogen-bond donors (Lipinski definition) is 0. The van der Waals surface area contributed by atoms with Crippen LogP contribution in [-0.4, -0.2) is 14.2 Å². The van der Waals surface area contributed by atoms with Gasteiger partial charge >= 0.3 is 0 Å². The van der Waals surface area contributed by atoms with Gasteiger partial charge in [0.05, 0.1) is 22.1 Å². The lowest BCUT2D eigenvalue weighted by molar-refractivity contribution is 0.794. The Morgan fingerprint density at radius 1 is 0.840 bits per heavy atom. The highest BCUT2D eigenvalue weighted by molar-refractivity contribution is 9.10. The fraction of sp³-hybridized carbons (Fsp3) is 0. The zero-order valence-electron chi connectivity index (χ0n) is 13.1. The topological polar surface area (TPSA) is 39.3 Å². The van der Waals surface area contributed by atoms with Gasteiger partial charge < -0.3 is 0 Å². The van der Waals surface area contributed by atoms with Crippen LogP contribution in [0.4, 0.5) is 0 Å². The van der Waals surface area contributed by atoms with Crippen molar-refractivity contribution in [3.63, 3.8) is 0 Å². The molecule has 0 bridgehead atoms. The fourth-order valence-electron chi connectivity index (χ4n) is 3.28. The number of rotatable bonds is 1. The Kier molecular flexibility index (Phi) is 3.05. The molecule has 120 valence electrons. The van der Waals surface area contributed by atoms with Gasteiger partial charge in [-0.15, -0.1) is 0 Å². The molecule has 5 heteroatoms. The van der Waals surface area contributed by atoms with Crippen molar-refractivity contribution in [3.8, 4) is 5.69 Å². The number of hydrogen-bond acceptors (Lipinski definition) is 2. The van der Waals surface area contributed by atoms with Crippen molar-refractivity contribution in [1.29, 1.82) is 0 Å². The van der Waals surface area contributed by atoms with E-state index in [1.54, 1.807) is 4.52 Å². The molecule has 0 spiro atoms. The summed E-state index contributed by atoms with van der Waals surface area (Å²) >= 11 is 3.54. The van der Waals surface area contributed by atoms with Crippen molar-refractivity contribution < 1.29 is 0 Å². The van der Waals surface area contributed by atoms with E-state index in [9.17, 15) is 4.79 Å². The summed E-state index contributed by atoms with van der Waals surface area (Å²) in [4.78, 5) is 18.0. The summed E-state index contributed by atoms with van der Waals surface area (Å²) in [6.45, 7) is 0. The number of halogens is 1. The van der Waals surface area contributed by atoms with Crippen LogP contribution in [0, 0.1) is 0 Å². The van der Waals surface area contributed by atoms with E-state index in [1.807, 2.05) is 77.5 Å². The monoisotopic (exact) mass is 389 g/mol. The van der Waals surface area contributed by atoms with E-state index in [0.717, 1.165) is 21.1 Å². The van der Waals surface area contributed by atoms with Crippen molar-refractivity contribution in [2.75, 3.05) is 0 Å². The smallest absolute Gasteiger partial charge is 0.267 e. The second-order valence-corrected chi connectivity index (χ2v) is 6.79. The minimum atomic E-state index is -0.0724. The van der Waals surface area contributed by atoms with Crippen molar-refractivity contribution in [2.24, 2.45) is 0 Å². The Balaban J connectivity index is 2.10. The predicted octanol–water partition coefficient (Wildman–Crippen LogP) is 4.55. The van der Waals surface area contributed by atoms with E-state index < -0.39 is 0 Å². The first-order chi connectivity index (χ1) is 12.2. The van der Waals surface area contributed by atoms with E-state index in [0.29, 0.717) is 16.6 Å². The molecule has 5 aromatic rings. The number of nitrogens with zero attached hydrogens (tertiary/aromatic N) is 3. The van der Waals surface area contributed by atoms with E-state index in [4.69, 9.17) is 4.98 Å².